The first-order valence-corrected chi connectivity index (χ1v) is 17.3. The summed E-state index contributed by atoms with van der Waals surface area (Å²) >= 11 is 19.8. The largest absolute Gasteiger partial charge is 0.493 e. The highest BCUT2D eigenvalue weighted by Gasteiger charge is 2.38. The standard InChI is InChI=1S/C37H36Cl3N3O7/c1-48-33-10-8-24(16-34(33)49-2)26(17-28-30(39)19-42(47)20-31(28)40)27-15-22(7-9-25(27)36(44)45)18-43(32-6-4-3-5-29(32)38)37(46)50-35-21-41-13-11-23(35)12-14-41/h3-10,15-16,19-20,23,26,35H,11-14,17-18,21H2,1-2H3,(H-,44,45,47)/p+1/t26-,35-/m0/s1. The van der Waals surface area contributed by atoms with Gasteiger partial charge < -0.3 is 19.3 Å². The maximum Gasteiger partial charge on any atom is 0.414 e. The molecule has 2 N–H and O–H groups in total. The van der Waals surface area contributed by atoms with E-state index in [0.29, 0.717) is 56.9 Å². The normalized spacial score (nSPS) is 18.7. The number of para-hydroxylation sites is 1. The second kappa shape index (κ2) is 15.3. The van der Waals surface area contributed by atoms with E-state index in [0.717, 1.165) is 30.7 Å². The van der Waals surface area contributed by atoms with Gasteiger partial charge in [0, 0.05) is 22.8 Å². The van der Waals surface area contributed by atoms with E-state index in [9.17, 15) is 19.9 Å². The number of benzene rings is 3. The lowest BCUT2D eigenvalue weighted by Gasteiger charge is -2.44. The smallest absolute Gasteiger partial charge is 0.414 e. The number of fused-ring (bicyclic) bond motifs is 3. The Hall–Kier alpha value is -4.22. The van der Waals surface area contributed by atoms with E-state index >= 15 is 0 Å². The van der Waals surface area contributed by atoms with Gasteiger partial charge >= 0.3 is 12.1 Å². The summed E-state index contributed by atoms with van der Waals surface area (Å²) in [4.78, 5) is 30.6. The molecule has 3 aromatic carbocycles. The lowest BCUT2D eigenvalue weighted by atomic mass is 9.82. The quantitative estimate of drug-likeness (QED) is 0.120. The molecule has 50 heavy (non-hydrogen) atoms. The minimum absolute atomic E-state index is 0.0482. The third-order valence-corrected chi connectivity index (χ3v) is 10.5. The van der Waals surface area contributed by atoms with E-state index in [-0.39, 0.29) is 34.7 Å². The molecule has 10 nitrogen and oxygen atoms in total. The number of anilines is 1. The molecule has 3 fully saturated rings. The summed E-state index contributed by atoms with van der Waals surface area (Å²) in [6.07, 6.45) is 3.99. The van der Waals surface area contributed by atoms with Crippen LogP contribution >= 0.6 is 34.8 Å². The molecule has 0 aliphatic carbocycles. The summed E-state index contributed by atoms with van der Waals surface area (Å²) < 4.78 is 18.0. The number of carbonyl (C=O) groups excluding carboxylic acids is 1. The van der Waals surface area contributed by atoms with Crippen LogP contribution in [-0.2, 0) is 17.7 Å². The third kappa shape index (κ3) is 7.58. The molecular formula is C37H37Cl3N3O7+. The highest BCUT2D eigenvalue weighted by molar-refractivity contribution is 6.35. The van der Waals surface area contributed by atoms with E-state index in [1.807, 2.05) is 6.07 Å². The zero-order valence-corrected chi connectivity index (χ0v) is 29.8. The van der Waals surface area contributed by atoms with Crippen molar-refractivity contribution in [3.05, 3.63) is 116 Å². The Morgan fingerprint density at radius 1 is 0.940 bits per heavy atom. The van der Waals surface area contributed by atoms with E-state index in [2.05, 4.69) is 4.90 Å². The second-order valence-electron chi connectivity index (χ2n) is 12.5. The Bertz CT molecular complexity index is 1880. The highest BCUT2D eigenvalue weighted by Crippen LogP contribution is 2.40. The van der Waals surface area contributed by atoms with Crippen molar-refractivity contribution in [1.82, 2.24) is 4.90 Å². The number of carboxylic acids is 1. The number of carboxylic acid groups (broad SMARTS) is 1. The SMILES string of the molecule is COc1ccc([C@H](Cc2c(Cl)c[n+](O)cc2Cl)c2cc(CN(C(=O)O[C@H]3CN4CCC3CC4)c3ccccc3Cl)ccc2C(=O)O)cc1OC. The Morgan fingerprint density at radius 2 is 1.64 bits per heavy atom. The van der Waals surface area contributed by atoms with Crippen LogP contribution in [-0.4, -0.2) is 67.2 Å². The molecule has 0 spiro atoms. The van der Waals surface area contributed by atoms with Crippen LogP contribution in [0.4, 0.5) is 10.5 Å². The minimum Gasteiger partial charge on any atom is -0.493 e. The number of ether oxygens (including phenoxy) is 3. The van der Waals surface area contributed by atoms with Crippen molar-refractivity contribution >= 4 is 52.6 Å². The number of aromatic carboxylic acids is 1. The van der Waals surface area contributed by atoms with Gasteiger partial charge in [0.15, 0.2) is 11.5 Å². The van der Waals surface area contributed by atoms with Crippen LogP contribution in [0.1, 0.15) is 51.4 Å². The van der Waals surface area contributed by atoms with Gasteiger partial charge in [0.1, 0.15) is 16.1 Å². The van der Waals surface area contributed by atoms with Gasteiger partial charge in [-0.05, 0) is 85.3 Å². The Kier molecular flexibility index (Phi) is 10.9. The molecule has 3 aliphatic rings. The maximum atomic E-state index is 14.0. The fourth-order valence-electron chi connectivity index (χ4n) is 6.95. The summed E-state index contributed by atoms with van der Waals surface area (Å²) in [5.74, 6) is -0.520. The van der Waals surface area contributed by atoms with Crippen LogP contribution in [0.2, 0.25) is 15.1 Å². The van der Waals surface area contributed by atoms with Crippen LogP contribution in [0.25, 0.3) is 0 Å². The minimum atomic E-state index is -1.14. The Balaban J connectivity index is 1.43. The molecule has 4 heterocycles. The van der Waals surface area contributed by atoms with E-state index in [4.69, 9.17) is 49.0 Å². The van der Waals surface area contributed by atoms with Gasteiger partial charge in [-0.3, -0.25) is 15.0 Å². The monoisotopic (exact) mass is 740 g/mol. The summed E-state index contributed by atoms with van der Waals surface area (Å²) in [5, 5.41) is 21.2. The van der Waals surface area contributed by atoms with Crippen LogP contribution in [0.5, 0.6) is 11.5 Å². The fraction of sp³-hybridized carbons (Fsp3) is 0.324. The average Bonchev–Trinajstić information content (AvgIpc) is 3.10. The number of hydrogen-bond donors (Lipinski definition) is 2. The molecule has 13 heteroatoms. The summed E-state index contributed by atoms with van der Waals surface area (Å²) in [7, 11) is 3.05. The Labute approximate surface area is 305 Å². The highest BCUT2D eigenvalue weighted by atomic mass is 35.5. The predicted molar refractivity (Wildman–Crippen MR) is 189 cm³/mol. The fourth-order valence-corrected chi connectivity index (χ4v) is 7.79. The van der Waals surface area contributed by atoms with Gasteiger partial charge in [-0.2, -0.15) is 0 Å². The maximum absolute atomic E-state index is 14.0. The first-order valence-electron chi connectivity index (χ1n) is 16.2. The number of halogens is 3. The number of nitrogens with zero attached hydrogens (tertiary/aromatic N) is 3. The van der Waals surface area contributed by atoms with E-state index in [1.165, 1.54) is 37.6 Å². The van der Waals surface area contributed by atoms with Crippen molar-refractivity contribution in [1.29, 1.82) is 0 Å². The lowest BCUT2D eigenvalue weighted by Crippen LogP contribution is -2.53. The number of methoxy groups -OCH3 is 2. The third-order valence-electron chi connectivity index (χ3n) is 9.56. The number of amides is 1. The molecule has 1 aromatic heterocycles. The van der Waals surface area contributed by atoms with Crippen LogP contribution in [0.3, 0.4) is 0 Å². The first-order chi connectivity index (χ1) is 24.1. The molecule has 0 saturated carbocycles. The molecule has 262 valence electrons. The molecule has 3 saturated heterocycles. The molecule has 1 amide bonds. The molecule has 0 unspecified atom stereocenters. The van der Waals surface area contributed by atoms with Crippen LogP contribution in [0, 0.1) is 5.92 Å². The van der Waals surface area contributed by atoms with Crippen molar-refractivity contribution in [2.45, 2.75) is 37.8 Å². The predicted octanol–water partition coefficient (Wildman–Crippen LogP) is 7.50. The molecular weight excluding hydrogens is 705 g/mol. The Morgan fingerprint density at radius 3 is 2.26 bits per heavy atom. The summed E-state index contributed by atoms with van der Waals surface area (Å²) in [6.45, 7) is 2.75. The van der Waals surface area contributed by atoms with Gasteiger partial charge in [-0.1, -0.05) is 65.1 Å². The molecule has 2 atom stereocenters. The van der Waals surface area contributed by atoms with Crippen molar-refractivity contribution in [2.24, 2.45) is 5.92 Å². The van der Waals surface area contributed by atoms with Gasteiger partial charge in [-0.25, -0.2) is 9.59 Å². The van der Waals surface area contributed by atoms with Gasteiger partial charge in [0.05, 0.1) is 37.0 Å². The second-order valence-corrected chi connectivity index (χ2v) is 13.7. The number of rotatable bonds is 11. The zero-order valence-electron chi connectivity index (χ0n) is 27.5. The van der Waals surface area contributed by atoms with Crippen molar-refractivity contribution in [2.75, 3.05) is 38.8 Å². The molecule has 4 aromatic rings. The molecule has 7 rings (SSSR count). The zero-order chi connectivity index (χ0) is 35.5. The number of piperidine rings is 3. The summed E-state index contributed by atoms with van der Waals surface area (Å²) in [6, 6.07) is 17.4. The molecule has 0 radical (unpaired) electrons. The van der Waals surface area contributed by atoms with Crippen molar-refractivity contribution in [3.8, 4) is 11.5 Å². The topological polar surface area (TPSA) is 113 Å². The van der Waals surface area contributed by atoms with Gasteiger partial charge in [-0.15, -0.1) is 0 Å². The van der Waals surface area contributed by atoms with Crippen molar-refractivity contribution in [3.63, 3.8) is 0 Å². The van der Waals surface area contributed by atoms with Gasteiger partial charge in [0.2, 0.25) is 12.4 Å². The summed E-state index contributed by atoms with van der Waals surface area (Å²) in [5.41, 5.74) is 2.80. The molecule has 2 bridgehead atoms. The van der Waals surface area contributed by atoms with Crippen molar-refractivity contribution < 1.29 is 38.8 Å². The molecule has 3 aliphatic heterocycles. The lowest BCUT2D eigenvalue weighted by molar-refractivity contribution is -0.904. The number of pyridine rings is 1. The average molecular weight is 742 g/mol. The van der Waals surface area contributed by atoms with Gasteiger partial charge in [0.25, 0.3) is 0 Å². The van der Waals surface area contributed by atoms with E-state index < -0.39 is 18.0 Å². The van der Waals surface area contributed by atoms with E-state index in [1.54, 1.807) is 48.5 Å². The van der Waals surface area contributed by atoms with Crippen LogP contribution in [0.15, 0.2) is 73.1 Å². The number of aromatic nitrogens is 1. The van der Waals surface area contributed by atoms with Crippen LogP contribution < -0.4 is 19.1 Å². The first kappa shape index (κ1) is 35.6. The number of hydrogen-bond acceptors (Lipinski definition) is 7. The number of carbonyl (C=O) groups is 2.